The van der Waals surface area contributed by atoms with Crippen LogP contribution < -0.4 is 4.90 Å². The van der Waals surface area contributed by atoms with Gasteiger partial charge in [0, 0.05) is 49.7 Å². The van der Waals surface area contributed by atoms with E-state index in [1.807, 2.05) is 12.1 Å². The van der Waals surface area contributed by atoms with Crippen LogP contribution >= 0.6 is 0 Å². The van der Waals surface area contributed by atoms with Crippen molar-refractivity contribution in [1.29, 1.82) is 0 Å². The Hall–Kier alpha value is -6.84. The largest absolute Gasteiger partial charge is 0.456 e. The SMILES string of the molecule is c1ccc(-c2ccc(N(c3ccc(-c4ccccc4)cc3)c3cc(-c4ccc5c(c4)oc4ccccc45)c4[nH]c5ccccc5c4c3)cc2)cc1. The van der Waals surface area contributed by atoms with E-state index in [0.29, 0.717) is 0 Å². The lowest BCUT2D eigenvalue weighted by atomic mass is 9.98. The number of fused-ring (bicyclic) bond motifs is 6. The summed E-state index contributed by atoms with van der Waals surface area (Å²) in [4.78, 5) is 6.14. The van der Waals surface area contributed by atoms with Gasteiger partial charge in [0.25, 0.3) is 0 Å². The first kappa shape index (κ1) is 29.1. The van der Waals surface area contributed by atoms with Gasteiger partial charge in [-0.1, -0.05) is 127 Å². The van der Waals surface area contributed by atoms with Crippen molar-refractivity contribution in [2.45, 2.75) is 0 Å². The number of nitrogens with zero attached hydrogens (tertiary/aromatic N) is 1. The maximum absolute atomic E-state index is 6.38. The summed E-state index contributed by atoms with van der Waals surface area (Å²) in [6, 6.07) is 67.0. The highest BCUT2D eigenvalue weighted by atomic mass is 16.3. The second kappa shape index (κ2) is 11.9. The number of H-pyrrole nitrogens is 1. The van der Waals surface area contributed by atoms with Gasteiger partial charge < -0.3 is 14.3 Å². The quantitative estimate of drug-likeness (QED) is 0.194. The summed E-state index contributed by atoms with van der Waals surface area (Å²) >= 11 is 0. The van der Waals surface area contributed by atoms with Crippen molar-refractivity contribution >= 4 is 60.8 Å². The van der Waals surface area contributed by atoms with Crippen LogP contribution in [0.2, 0.25) is 0 Å². The molecule has 0 saturated heterocycles. The molecule has 240 valence electrons. The molecule has 2 heterocycles. The molecule has 10 aromatic rings. The number of hydrogen-bond donors (Lipinski definition) is 1. The van der Waals surface area contributed by atoms with Gasteiger partial charge in [-0.05, 0) is 88.5 Å². The van der Waals surface area contributed by atoms with Crippen LogP contribution in [0.3, 0.4) is 0 Å². The number of hydrogen-bond acceptors (Lipinski definition) is 2. The van der Waals surface area contributed by atoms with Crippen LogP contribution in [0.5, 0.6) is 0 Å². The molecule has 2 aromatic heterocycles. The Labute approximate surface area is 295 Å². The standard InChI is InChI=1S/C48H32N2O/c1-3-11-32(12-4-1)34-19-24-37(25-20-34)50(38-26-21-35(22-27-38)33-13-5-2-6-14-33)39-30-43(48-44(31-39)40-15-7-9-17-45(40)49-48)36-23-28-42-41-16-8-10-18-46(41)51-47(42)29-36/h1-31,49H. The predicted molar refractivity (Wildman–Crippen MR) is 214 cm³/mol. The van der Waals surface area contributed by atoms with Gasteiger partial charge in [0.2, 0.25) is 0 Å². The molecule has 0 aliphatic carbocycles. The molecule has 0 amide bonds. The molecule has 0 spiro atoms. The first-order valence-electron chi connectivity index (χ1n) is 17.3. The molecule has 51 heavy (non-hydrogen) atoms. The second-order valence-electron chi connectivity index (χ2n) is 13.1. The molecule has 0 unspecified atom stereocenters. The minimum atomic E-state index is 0.883. The van der Waals surface area contributed by atoms with Crippen LogP contribution in [0.1, 0.15) is 0 Å². The Morgan fingerprint density at radius 1 is 0.353 bits per heavy atom. The van der Waals surface area contributed by atoms with E-state index in [1.165, 1.54) is 33.0 Å². The highest BCUT2D eigenvalue weighted by Gasteiger charge is 2.19. The molecule has 0 atom stereocenters. The number of rotatable bonds is 6. The minimum Gasteiger partial charge on any atom is -0.456 e. The van der Waals surface area contributed by atoms with E-state index in [4.69, 9.17) is 4.42 Å². The lowest BCUT2D eigenvalue weighted by Gasteiger charge is -2.27. The Bertz CT molecular complexity index is 2750. The average molecular weight is 653 g/mol. The molecule has 10 rings (SSSR count). The maximum atomic E-state index is 6.38. The summed E-state index contributed by atoms with van der Waals surface area (Å²) in [5.74, 6) is 0. The zero-order valence-electron chi connectivity index (χ0n) is 27.8. The highest BCUT2D eigenvalue weighted by molar-refractivity contribution is 6.14. The summed E-state index contributed by atoms with van der Waals surface area (Å²) < 4.78 is 6.38. The van der Waals surface area contributed by atoms with Crippen LogP contribution in [-0.2, 0) is 0 Å². The predicted octanol–water partition coefficient (Wildman–Crippen LogP) is 13.7. The zero-order chi connectivity index (χ0) is 33.7. The molecule has 8 aromatic carbocycles. The van der Waals surface area contributed by atoms with Crippen molar-refractivity contribution in [3.8, 4) is 33.4 Å². The molecule has 0 radical (unpaired) electrons. The van der Waals surface area contributed by atoms with E-state index in [1.54, 1.807) is 0 Å². The van der Waals surface area contributed by atoms with Crippen LogP contribution in [0, 0.1) is 0 Å². The summed E-state index contributed by atoms with van der Waals surface area (Å²) in [7, 11) is 0. The molecule has 0 bridgehead atoms. The smallest absolute Gasteiger partial charge is 0.136 e. The molecule has 0 saturated carbocycles. The average Bonchev–Trinajstić information content (AvgIpc) is 3.77. The van der Waals surface area contributed by atoms with Crippen molar-refractivity contribution in [3.05, 3.63) is 188 Å². The van der Waals surface area contributed by atoms with Crippen molar-refractivity contribution in [2.75, 3.05) is 4.90 Å². The summed E-state index contributed by atoms with van der Waals surface area (Å²) in [6.45, 7) is 0. The van der Waals surface area contributed by atoms with Crippen molar-refractivity contribution in [2.24, 2.45) is 0 Å². The van der Waals surface area contributed by atoms with E-state index in [9.17, 15) is 0 Å². The normalized spacial score (nSPS) is 11.5. The van der Waals surface area contributed by atoms with Crippen molar-refractivity contribution in [1.82, 2.24) is 4.98 Å². The van der Waals surface area contributed by atoms with E-state index in [2.05, 4.69) is 186 Å². The lowest BCUT2D eigenvalue weighted by molar-refractivity contribution is 0.669. The van der Waals surface area contributed by atoms with Gasteiger partial charge in [-0.3, -0.25) is 0 Å². The fraction of sp³-hybridized carbons (Fsp3) is 0. The number of aromatic amines is 1. The summed E-state index contributed by atoms with van der Waals surface area (Å²) in [6.07, 6.45) is 0. The van der Waals surface area contributed by atoms with Gasteiger partial charge >= 0.3 is 0 Å². The second-order valence-corrected chi connectivity index (χ2v) is 13.1. The van der Waals surface area contributed by atoms with Crippen LogP contribution in [0.15, 0.2) is 192 Å². The molecule has 0 fully saturated rings. The van der Waals surface area contributed by atoms with Gasteiger partial charge in [-0.15, -0.1) is 0 Å². The van der Waals surface area contributed by atoms with Gasteiger partial charge in [0.15, 0.2) is 0 Å². The third-order valence-corrected chi connectivity index (χ3v) is 10.0. The number of anilines is 3. The van der Waals surface area contributed by atoms with E-state index < -0.39 is 0 Å². The number of nitrogens with one attached hydrogen (secondary N) is 1. The minimum absolute atomic E-state index is 0.883. The molecule has 3 nitrogen and oxygen atoms in total. The van der Waals surface area contributed by atoms with Crippen molar-refractivity contribution in [3.63, 3.8) is 0 Å². The first-order valence-corrected chi connectivity index (χ1v) is 17.3. The molecule has 0 aliphatic heterocycles. The van der Waals surface area contributed by atoms with Crippen LogP contribution in [0.25, 0.3) is 77.1 Å². The van der Waals surface area contributed by atoms with E-state index in [-0.39, 0.29) is 0 Å². The Morgan fingerprint density at radius 3 is 1.55 bits per heavy atom. The third-order valence-electron chi connectivity index (χ3n) is 10.0. The molecule has 3 heteroatoms. The van der Waals surface area contributed by atoms with Gasteiger partial charge in [-0.25, -0.2) is 0 Å². The Kier molecular flexibility index (Phi) is 6.81. The fourth-order valence-corrected chi connectivity index (χ4v) is 7.50. The number of aromatic nitrogens is 1. The van der Waals surface area contributed by atoms with Gasteiger partial charge in [0.05, 0.1) is 5.52 Å². The topological polar surface area (TPSA) is 32.2 Å². The molecule has 0 aliphatic rings. The molecule has 1 N–H and O–H groups in total. The summed E-state index contributed by atoms with van der Waals surface area (Å²) in [5.41, 5.74) is 14.2. The fourth-order valence-electron chi connectivity index (χ4n) is 7.50. The highest BCUT2D eigenvalue weighted by Crippen LogP contribution is 2.44. The lowest BCUT2D eigenvalue weighted by Crippen LogP contribution is -2.10. The number of furan rings is 1. The van der Waals surface area contributed by atoms with Gasteiger partial charge in [0.1, 0.15) is 11.2 Å². The monoisotopic (exact) mass is 652 g/mol. The first-order chi connectivity index (χ1) is 25.3. The van der Waals surface area contributed by atoms with Crippen LogP contribution in [0.4, 0.5) is 17.1 Å². The molecular weight excluding hydrogens is 621 g/mol. The van der Waals surface area contributed by atoms with Crippen molar-refractivity contribution < 1.29 is 4.42 Å². The zero-order valence-corrected chi connectivity index (χ0v) is 27.8. The summed E-state index contributed by atoms with van der Waals surface area (Å²) in [5, 5.41) is 4.62. The number of benzene rings is 8. The van der Waals surface area contributed by atoms with E-state index in [0.717, 1.165) is 61.2 Å². The third kappa shape index (κ3) is 5.06. The van der Waals surface area contributed by atoms with Gasteiger partial charge in [-0.2, -0.15) is 0 Å². The van der Waals surface area contributed by atoms with E-state index >= 15 is 0 Å². The molecular formula is C48H32N2O. The van der Waals surface area contributed by atoms with Crippen LogP contribution in [-0.4, -0.2) is 4.98 Å². The maximum Gasteiger partial charge on any atom is 0.136 e. The Balaban J connectivity index is 1.19. The Morgan fingerprint density at radius 2 is 0.882 bits per heavy atom. The number of para-hydroxylation sites is 2.